The van der Waals surface area contributed by atoms with Crippen molar-refractivity contribution in [2.45, 2.75) is 63.8 Å². The van der Waals surface area contributed by atoms with Crippen molar-refractivity contribution in [2.75, 3.05) is 0 Å². The quantitative estimate of drug-likeness (QED) is 0.385. The molecule has 0 aliphatic carbocycles. The summed E-state index contributed by atoms with van der Waals surface area (Å²) in [6.07, 6.45) is -0.650. The molecule has 0 bridgehead atoms. The molecule has 3 atom stereocenters. The van der Waals surface area contributed by atoms with Crippen LogP contribution in [0.1, 0.15) is 27.2 Å². The van der Waals surface area contributed by atoms with E-state index in [0.717, 1.165) is 0 Å². The smallest absolute Gasteiger partial charge is 0.192 e. The molecule has 0 heterocycles. The Morgan fingerprint density at radius 1 is 1.35 bits per heavy atom. The maximum Gasteiger partial charge on any atom is 0.192 e. The number of aliphatic hydroxyl groups excluding tert-OH is 2. The summed E-state index contributed by atoms with van der Waals surface area (Å²) < 4.78 is 5.99. The lowest BCUT2D eigenvalue weighted by molar-refractivity contribution is 0.00710. The summed E-state index contributed by atoms with van der Waals surface area (Å²) in [6.45, 7) is 14.0. The minimum atomic E-state index is -2.00. The Bertz CT molecular complexity index is 249. The molecule has 0 aromatic rings. The highest BCUT2D eigenvalue weighted by Gasteiger charge is 2.40. The molecule has 5 heteroatoms. The third kappa shape index (κ3) is 5.31. The molecule has 0 radical (unpaired) electrons. The van der Waals surface area contributed by atoms with Gasteiger partial charge in [0, 0.05) is 6.42 Å². The Balaban J connectivity index is 4.71. The molecular formula is C12H27NO3Si. The Morgan fingerprint density at radius 2 is 1.82 bits per heavy atom. The second kappa shape index (κ2) is 6.11. The first-order chi connectivity index (χ1) is 7.51. The molecule has 4 N–H and O–H groups in total. The van der Waals surface area contributed by atoms with E-state index in [4.69, 9.17) is 10.2 Å². The molecule has 0 amide bonds. The Labute approximate surface area is 106 Å². The van der Waals surface area contributed by atoms with Crippen LogP contribution < -0.4 is 5.73 Å². The van der Waals surface area contributed by atoms with E-state index >= 15 is 0 Å². The van der Waals surface area contributed by atoms with E-state index in [9.17, 15) is 10.2 Å². The monoisotopic (exact) mass is 261 g/mol. The molecule has 17 heavy (non-hydrogen) atoms. The summed E-state index contributed by atoms with van der Waals surface area (Å²) >= 11 is 0. The van der Waals surface area contributed by atoms with Crippen LogP contribution in [0.3, 0.4) is 0 Å². The molecule has 0 aliphatic heterocycles. The fourth-order valence-corrected chi connectivity index (χ4v) is 2.49. The van der Waals surface area contributed by atoms with Gasteiger partial charge in [-0.2, -0.15) is 0 Å². The van der Waals surface area contributed by atoms with Crippen molar-refractivity contribution in [1.82, 2.24) is 0 Å². The van der Waals surface area contributed by atoms with Gasteiger partial charge in [-0.3, -0.25) is 0 Å². The predicted molar refractivity (Wildman–Crippen MR) is 73.1 cm³/mol. The fourth-order valence-electron chi connectivity index (χ4n) is 1.15. The molecule has 0 spiro atoms. The molecule has 0 rings (SSSR count). The van der Waals surface area contributed by atoms with Crippen LogP contribution in [0.15, 0.2) is 12.7 Å². The molecule has 0 saturated heterocycles. The van der Waals surface area contributed by atoms with Crippen molar-refractivity contribution < 1.29 is 14.6 Å². The predicted octanol–water partition coefficient (Wildman–Crippen LogP) is 1.59. The van der Waals surface area contributed by atoms with E-state index < -0.39 is 26.8 Å². The van der Waals surface area contributed by atoms with Crippen molar-refractivity contribution in [3.8, 4) is 0 Å². The van der Waals surface area contributed by atoms with Crippen LogP contribution in [0.25, 0.3) is 0 Å². The van der Waals surface area contributed by atoms with Gasteiger partial charge in [0.1, 0.15) is 6.23 Å². The minimum absolute atomic E-state index is 0.0409. The van der Waals surface area contributed by atoms with Crippen LogP contribution in [0, 0.1) is 0 Å². The van der Waals surface area contributed by atoms with E-state index in [-0.39, 0.29) is 11.5 Å². The second-order valence-electron chi connectivity index (χ2n) is 5.95. The number of hydrogen-bond donors (Lipinski definition) is 3. The average molecular weight is 261 g/mol. The molecule has 0 saturated carbocycles. The minimum Gasteiger partial charge on any atom is -0.410 e. The van der Waals surface area contributed by atoms with Gasteiger partial charge in [-0.05, 0) is 18.1 Å². The number of nitrogens with two attached hydrogens (primary N) is 1. The number of rotatable bonds is 6. The molecule has 102 valence electrons. The van der Waals surface area contributed by atoms with Gasteiger partial charge in [0.2, 0.25) is 0 Å². The summed E-state index contributed by atoms with van der Waals surface area (Å²) in [4.78, 5) is 0. The maximum absolute atomic E-state index is 9.53. The normalized spacial score (nSPS) is 18.6. The summed E-state index contributed by atoms with van der Waals surface area (Å²) in [5.41, 5.74) is 5.50. The van der Waals surface area contributed by atoms with Crippen LogP contribution in [-0.2, 0) is 4.43 Å². The van der Waals surface area contributed by atoms with E-state index in [1.54, 1.807) is 0 Å². The van der Waals surface area contributed by atoms with Gasteiger partial charge in [0.25, 0.3) is 0 Å². The standard InChI is InChI=1S/C12H27NO3Si/c1-7-9(14)8-10(11(13)15)16-17(5,6)12(2,3)4/h7,9-11,14-15H,1,8,13H2,2-6H3/t9-,10+,11?/m1/s1. The largest absolute Gasteiger partial charge is 0.410 e. The highest BCUT2D eigenvalue weighted by Crippen LogP contribution is 2.37. The summed E-state index contributed by atoms with van der Waals surface area (Å²) in [7, 11) is -2.00. The molecule has 0 aromatic carbocycles. The van der Waals surface area contributed by atoms with Gasteiger partial charge >= 0.3 is 0 Å². The van der Waals surface area contributed by atoms with Crippen LogP contribution in [0.4, 0.5) is 0 Å². The average Bonchev–Trinajstić information content (AvgIpc) is 2.14. The van der Waals surface area contributed by atoms with Crippen molar-refractivity contribution >= 4 is 8.32 Å². The molecule has 0 aromatic heterocycles. The van der Waals surface area contributed by atoms with Crippen molar-refractivity contribution in [3.63, 3.8) is 0 Å². The maximum atomic E-state index is 9.53. The Hall–Kier alpha value is -0.203. The number of hydrogen-bond acceptors (Lipinski definition) is 4. The van der Waals surface area contributed by atoms with Crippen molar-refractivity contribution in [3.05, 3.63) is 12.7 Å². The molecule has 1 unspecified atom stereocenters. The zero-order chi connectivity index (χ0) is 13.9. The van der Waals surface area contributed by atoms with Gasteiger partial charge in [-0.15, -0.1) is 6.58 Å². The Morgan fingerprint density at radius 3 is 2.12 bits per heavy atom. The third-order valence-electron chi connectivity index (χ3n) is 3.38. The highest BCUT2D eigenvalue weighted by atomic mass is 28.4. The van der Waals surface area contributed by atoms with E-state index in [0.29, 0.717) is 0 Å². The SMILES string of the molecule is C=C[C@@H](O)C[C@H](O[Si](C)(C)C(C)(C)C)C(N)O. The lowest BCUT2D eigenvalue weighted by Crippen LogP contribution is -2.50. The van der Waals surface area contributed by atoms with E-state index in [1.165, 1.54) is 6.08 Å². The molecule has 4 nitrogen and oxygen atoms in total. The summed E-state index contributed by atoms with van der Waals surface area (Å²) in [5, 5.41) is 19.1. The third-order valence-corrected chi connectivity index (χ3v) is 7.88. The molecule has 0 fully saturated rings. The first-order valence-corrected chi connectivity index (χ1v) is 8.84. The van der Waals surface area contributed by atoms with Crippen LogP contribution in [-0.4, -0.2) is 37.0 Å². The molecular weight excluding hydrogens is 234 g/mol. The lowest BCUT2D eigenvalue weighted by atomic mass is 10.1. The summed E-state index contributed by atoms with van der Waals surface area (Å²) in [5.74, 6) is 0. The zero-order valence-electron chi connectivity index (χ0n) is 11.6. The van der Waals surface area contributed by atoms with E-state index in [2.05, 4.69) is 40.4 Å². The van der Waals surface area contributed by atoms with E-state index in [1.807, 2.05) is 0 Å². The Kier molecular flexibility index (Phi) is 6.03. The summed E-state index contributed by atoms with van der Waals surface area (Å²) in [6, 6.07) is 0. The van der Waals surface area contributed by atoms with Gasteiger partial charge in [-0.1, -0.05) is 26.8 Å². The topological polar surface area (TPSA) is 75.7 Å². The highest BCUT2D eigenvalue weighted by molar-refractivity contribution is 6.74. The van der Waals surface area contributed by atoms with Gasteiger partial charge in [0.15, 0.2) is 8.32 Å². The van der Waals surface area contributed by atoms with Gasteiger partial charge < -0.3 is 20.4 Å². The first kappa shape index (κ1) is 16.8. The van der Waals surface area contributed by atoms with Gasteiger partial charge in [0.05, 0.1) is 12.2 Å². The van der Waals surface area contributed by atoms with Crippen molar-refractivity contribution in [1.29, 1.82) is 0 Å². The number of aliphatic hydroxyl groups is 2. The zero-order valence-corrected chi connectivity index (χ0v) is 12.6. The second-order valence-corrected chi connectivity index (χ2v) is 10.7. The first-order valence-electron chi connectivity index (χ1n) is 5.93. The van der Waals surface area contributed by atoms with Crippen molar-refractivity contribution in [2.24, 2.45) is 5.73 Å². The van der Waals surface area contributed by atoms with Crippen LogP contribution in [0.5, 0.6) is 0 Å². The van der Waals surface area contributed by atoms with Crippen LogP contribution >= 0.6 is 0 Å². The van der Waals surface area contributed by atoms with Gasteiger partial charge in [-0.25, -0.2) is 0 Å². The fraction of sp³-hybridized carbons (Fsp3) is 0.833. The van der Waals surface area contributed by atoms with Crippen LogP contribution in [0.2, 0.25) is 18.1 Å². The molecule has 0 aliphatic rings. The lowest BCUT2D eigenvalue weighted by Gasteiger charge is -2.40.